The molecule has 2 aromatic heterocycles. The van der Waals surface area contributed by atoms with Gasteiger partial charge in [0, 0.05) is 31.6 Å². The van der Waals surface area contributed by atoms with E-state index in [-0.39, 0.29) is 6.61 Å². The van der Waals surface area contributed by atoms with Crippen molar-refractivity contribution in [1.29, 1.82) is 0 Å². The minimum atomic E-state index is 0.162. The van der Waals surface area contributed by atoms with E-state index < -0.39 is 0 Å². The lowest BCUT2D eigenvalue weighted by molar-refractivity contribution is 0.299. The summed E-state index contributed by atoms with van der Waals surface area (Å²) in [5, 5.41) is 9.00. The largest absolute Gasteiger partial charge is 0.396 e. The first-order valence-corrected chi connectivity index (χ1v) is 6.26. The van der Waals surface area contributed by atoms with E-state index in [1.807, 2.05) is 31.3 Å². The molecule has 2 heterocycles. The van der Waals surface area contributed by atoms with Gasteiger partial charge in [-0.3, -0.25) is 4.98 Å². The molecule has 3 aromatic rings. The highest BCUT2D eigenvalue weighted by atomic mass is 16.2. The molecule has 0 spiro atoms. The fraction of sp³-hybridized carbons (Fsp3) is 0.200. The number of fused-ring (bicyclic) bond motifs is 1. The van der Waals surface area contributed by atoms with Gasteiger partial charge in [0.1, 0.15) is 5.82 Å². The summed E-state index contributed by atoms with van der Waals surface area (Å²) in [5.41, 5.74) is 4.21. The fourth-order valence-electron chi connectivity index (χ4n) is 2.29. The van der Waals surface area contributed by atoms with Crippen molar-refractivity contribution in [3.8, 4) is 11.4 Å². The third-order valence-corrected chi connectivity index (χ3v) is 3.28. The van der Waals surface area contributed by atoms with Crippen LogP contribution in [-0.4, -0.2) is 26.2 Å². The van der Waals surface area contributed by atoms with Crippen LogP contribution in [-0.2, 0) is 13.5 Å². The van der Waals surface area contributed by atoms with Gasteiger partial charge in [-0.2, -0.15) is 0 Å². The summed E-state index contributed by atoms with van der Waals surface area (Å²) in [6.45, 7) is 0.162. The first-order chi connectivity index (χ1) is 9.29. The molecule has 0 amide bonds. The third kappa shape index (κ3) is 2.11. The molecular formula is C15H15N3O. The van der Waals surface area contributed by atoms with Crippen LogP contribution in [0.3, 0.4) is 0 Å². The highest BCUT2D eigenvalue weighted by Gasteiger charge is 2.09. The summed E-state index contributed by atoms with van der Waals surface area (Å²) < 4.78 is 2.08. The van der Waals surface area contributed by atoms with Gasteiger partial charge in [-0.05, 0) is 36.2 Å². The van der Waals surface area contributed by atoms with Crippen molar-refractivity contribution in [1.82, 2.24) is 14.5 Å². The number of imidazole rings is 1. The van der Waals surface area contributed by atoms with Crippen LogP contribution in [0.5, 0.6) is 0 Å². The summed E-state index contributed by atoms with van der Waals surface area (Å²) in [6, 6.07) is 10.0. The number of rotatable bonds is 3. The Labute approximate surface area is 111 Å². The normalized spacial score (nSPS) is 11.1. The highest BCUT2D eigenvalue weighted by molar-refractivity contribution is 5.81. The zero-order chi connectivity index (χ0) is 13.2. The summed E-state index contributed by atoms with van der Waals surface area (Å²) in [7, 11) is 2.01. The summed E-state index contributed by atoms with van der Waals surface area (Å²) in [4.78, 5) is 8.71. The first-order valence-electron chi connectivity index (χ1n) is 6.26. The minimum Gasteiger partial charge on any atom is -0.396 e. The second kappa shape index (κ2) is 4.82. The topological polar surface area (TPSA) is 50.9 Å². The van der Waals surface area contributed by atoms with Crippen LogP contribution in [0.2, 0.25) is 0 Å². The van der Waals surface area contributed by atoms with Gasteiger partial charge in [0.15, 0.2) is 0 Å². The van der Waals surface area contributed by atoms with Crippen LogP contribution >= 0.6 is 0 Å². The maximum atomic E-state index is 9.00. The molecule has 4 heteroatoms. The smallest absolute Gasteiger partial charge is 0.140 e. The van der Waals surface area contributed by atoms with Gasteiger partial charge in [0.25, 0.3) is 0 Å². The average Bonchev–Trinajstić information content (AvgIpc) is 2.77. The Morgan fingerprint density at radius 1 is 1.16 bits per heavy atom. The van der Waals surface area contributed by atoms with Gasteiger partial charge in [-0.15, -0.1) is 0 Å². The van der Waals surface area contributed by atoms with E-state index in [4.69, 9.17) is 5.11 Å². The number of pyridine rings is 1. The van der Waals surface area contributed by atoms with Gasteiger partial charge < -0.3 is 9.67 Å². The van der Waals surface area contributed by atoms with Crippen molar-refractivity contribution in [3.63, 3.8) is 0 Å². The van der Waals surface area contributed by atoms with Gasteiger partial charge in [-0.1, -0.05) is 6.07 Å². The number of nitrogens with zero attached hydrogens (tertiary/aromatic N) is 3. The molecule has 0 atom stereocenters. The molecule has 0 radical (unpaired) electrons. The molecule has 0 saturated carbocycles. The van der Waals surface area contributed by atoms with E-state index in [1.54, 1.807) is 12.4 Å². The van der Waals surface area contributed by atoms with E-state index in [0.29, 0.717) is 6.42 Å². The molecule has 19 heavy (non-hydrogen) atoms. The van der Waals surface area contributed by atoms with Crippen molar-refractivity contribution in [2.45, 2.75) is 6.42 Å². The van der Waals surface area contributed by atoms with Crippen molar-refractivity contribution in [2.24, 2.45) is 7.05 Å². The van der Waals surface area contributed by atoms with E-state index in [2.05, 4.69) is 20.6 Å². The first kappa shape index (κ1) is 11.9. The highest BCUT2D eigenvalue weighted by Crippen LogP contribution is 2.23. The SMILES string of the molecule is Cn1c(-c2ccncc2)nc2cc(CCO)ccc21. The fourth-order valence-corrected chi connectivity index (χ4v) is 2.29. The third-order valence-electron chi connectivity index (χ3n) is 3.28. The van der Waals surface area contributed by atoms with Crippen LogP contribution < -0.4 is 0 Å². The molecule has 4 nitrogen and oxygen atoms in total. The molecule has 0 unspecified atom stereocenters. The van der Waals surface area contributed by atoms with Gasteiger partial charge in [-0.25, -0.2) is 4.98 Å². The molecule has 0 saturated heterocycles. The molecular weight excluding hydrogens is 238 g/mol. The van der Waals surface area contributed by atoms with E-state index in [1.165, 1.54) is 0 Å². The molecule has 0 fully saturated rings. The Morgan fingerprint density at radius 3 is 2.68 bits per heavy atom. The number of hydrogen-bond acceptors (Lipinski definition) is 3. The second-order valence-corrected chi connectivity index (χ2v) is 4.53. The number of benzene rings is 1. The van der Waals surface area contributed by atoms with Crippen molar-refractivity contribution in [3.05, 3.63) is 48.3 Å². The maximum Gasteiger partial charge on any atom is 0.140 e. The molecule has 1 aromatic carbocycles. The van der Waals surface area contributed by atoms with Crippen LogP contribution in [0, 0.1) is 0 Å². The molecule has 0 aliphatic heterocycles. The van der Waals surface area contributed by atoms with Gasteiger partial charge in [0.2, 0.25) is 0 Å². The van der Waals surface area contributed by atoms with Crippen molar-refractivity contribution < 1.29 is 5.11 Å². The maximum absolute atomic E-state index is 9.00. The molecule has 0 aliphatic rings. The summed E-state index contributed by atoms with van der Waals surface area (Å²) in [6.07, 6.45) is 4.20. The van der Waals surface area contributed by atoms with Crippen LogP contribution in [0.1, 0.15) is 5.56 Å². The lowest BCUT2D eigenvalue weighted by atomic mass is 10.1. The zero-order valence-corrected chi connectivity index (χ0v) is 10.7. The number of hydrogen-bond donors (Lipinski definition) is 1. The molecule has 0 aliphatic carbocycles. The predicted octanol–water partition coefficient (Wildman–Crippen LogP) is 2.17. The van der Waals surface area contributed by atoms with E-state index >= 15 is 0 Å². The lowest BCUT2D eigenvalue weighted by Crippen LogP contribution is -1.93. The molecule has 1 N–H and O–H groups in total. The Bertz CT molecular complexity index is 704. The van der Waals surface area contributed by atoms with Gasteiger partial charge >= 0.3 is 0 Å². The molecule has 0 bridgehead atoms. The Hall–Kier alpha value is -2.20. The predicted molar refractivity (Wildman–Crippen MR) is 74.7 cm³/mol. The van der Waals surface area contributed by atoms with Crippen LogP contribution in [0.4, 0.5) is 0 Å². The summed E-state index contributed by atoms with van der Waals surface area (Å²) in [5.74, 6) is 0.929. The van der Waals surface area contributed by atoms with Crippen LogP contribution in [0.15, 0.2) is 42.7 Å². The Kier molecular flexibility index (Phi) is 3.01. The zero-order valence-electron chi connectivity index (χ0n) is 10.7. The second-order valence-electron chi connectivity index (χ2n) is 4.53. The van der Waals surface area contributed by atoms with Crippen LogP contribution in [0.25, 0.3) is 22.4 Å². The summed E-state index contributed by atoms with van der Waals surface area (Å²) >= 11 is 0. The quantitative estimate of drug-likeness (QED) is 0.778. The van der Waals surface area contributed by atoms with Crippen molar-refractivity contribution >= 4 is 11.0 Å². The molecule has 3 rings (SSSR count). The van der Waals surface area contributed by atoms with Gasteiger partial charge in [0.05, 0.1) is 11.0 Å². The van der Waals surface area contributed by atoms with E-state index in [9.17, 15) is 0 Å². The number of aryl methyl sites for hydroxylation is 1. The molecule has 96 valence electrons. The minimum absolute atomic E-state index is 0.162. The van der Waals surface area contributed by atoms with E-state index in [0.717, 1.165) is 28.0 Å². The lowest BCUT2D eigenvalue weighted by Gasteiger charge is -2.01. The number of aliphatic hydroxyl groups is 1. The Morgan fingerprint density at radius 2 is 1.95 bits per heavy atom. The standard InChI is InChI=1S/C15H15N3O/c1-18-14-3-2-11(6-9-19)10-13(14)17-15(18)12-4-7-16-8-5-12/h2-5,7-8,10,19H,6,9H2,1H3. The average molecular weight is 253 g/mol. The Balaban J connectivity index is 2.14. The monoisotopic (exact) mass is 253 g/mol. The van der Waals surface area contributed by atoms with Crippen molar-refractivity contribution in [2.75, 3.05) is 6.61 Å². The number of aromatic nitrogens is 3. The number of aliphatic hydroxyl groups excluding tert-OH is 1.